The molecular weight excluding hydrogens is 448 g/mol. The molecule has 3 rings (SSSR count). The van der Waals surface area contributed by atoms with Crippen molar-refractivity contribution in [2.45, 2.75) is 31.2 Å². The number of rotatable bonds is 11. The van der Waals surface area contributed by atoms with Gasteiger partial charge in [-0.1, -0.05) is 6.42 Å². The summed E-state index contributed by atoms with van der Waals surface area (Å²) in [5, 5.41) is 16.9. The summed E-state index contributed by atoms with van der Waals surface area (Å²) >= 11 is 2.76. The van der Waals surface area contributed by atoms with Crippen molar-refractivity contribution in [1.29, 1.82) is 0 Å². The predicted octanol–water partition coefficient (Wildman–Crippen LogP) is 3.98. The summed E-state index contributed by atoms with van der Waals surface area (Å²) in [7, 11) is 3.92. The minimum atomic E-state index is -0.806. The Morgan fingerprint density at radius 2 is 1.94 bits per heavy atom. The molecule has 0 aliphatic carbocycles. The number of anilines is 3. The summed E-state index contributed by atoms with van der Waals surface area (Å²) in [5.74, 6) is -0.807. The molecule has 0 spiro atoms. The fraction of sp³-hybridized carbons (Fsp3) is 0.409. The van der Waals surface area contributed by atoms with Gasteiger partial charge in [0.25, 0.3) is 5.91 Å². The Morgan fingerprint density at radius 1 is 1.19 bits per heavy atom. The SMILES string of the molecule is CN(C)c1ccc(NC(=O)CSC2Nc3ccsc3C(=O)N2CCCCCC(=O)O)cc1. The molecule has 1 unspecified atom stereocenters. The number of fused-ring (bicyclic) bond motifs is 1. The van der Waals surface area contributed by atoms with Crippen LogP contribution in [0.15, 0.2) is 35.7 Å². The van der Waals surface area contributed by atoms with Crippen molar-refractivity contribution in [3.8, 4) is 0 Å². The van der Waals surface area contributed by atoms with Crippen LogP contribution in [0.25, 0.3) is 0 Å². The van der Waals surface area contributed by atoms with Crippen molar-refractivity contribution in [2.24, 2.45) is 0 Å². The molecule has 32 heavy (non-hydrogen) atoms. The van der Waals surface area contributed by atoms with Crippen LogP contribution in [-0.2, 0) is 9.59 Å². The van der Waals surface area contributed by atoms with Gasteiger partial charge in [0.1, 0.15) is 4.88 Å². The van der Waals surface area contributed by atoms with Crippen LogP contribution < -0.4 is 15.5 Å². The van der Waals surface area contributed by atoms with Gasteiger partial charge in [-0.15, -0.1) is 23.1 Å². The van der Waals surface area contributed by atoms with Crippen molar-refractivity contribution in [3.05, 3.63) is 40.6 Å². The zero-order valence-corrected chi connectivity index (χ0v) is 19.8. The highest BCUT2D eigenvalue weighted by molar-refractivity contribution is 8.00. The Morgan fingerprint density at radius 3 is 2.62 bits per heavy atom. The number of carboxylic acid groups (broad SMARTS) is 1. The lowest BCUT2D eigenvalue weighted by atomic mass is 10.2. The zero-order valence-electron chi connectivity index (χ0n) is 18.2. The molecule has 2 heterocycles. The number of nitrogens with one attached hydrogen (secondary N) is 2. The van der Waals surface area contributed by atoms with Gasteiger partial charge in [-0.05, 0) is 48.6 Å². The molecule has 172 valence electrons. The maximum absolute atomic E-state index is 13.0. The molecule has 3 N–H and O–H groups in total. The number of hydrogen-bond donors (Lipinski definition) is 3. The van der Waals surface area contributed by atoms with Crippen LogP contribution in [0.5, 0.6) is 0 Å². The lowest BCUT2D eigenvalue weighted by molar-refractivity contribution is -0.137. The van der Waals surface area contributed by atoms with Crippen LogP contribution >= 0.6 is 23.1 Å². The first-order chi connectivity index (χ1) is 15.3. The fourth-order valence-electron chi connectivity index (χ4n) is 3.32. The molecule has 2 aromatic rings. The lowest BCUT2D eigenvalue weighted by Crippen LogP contribution is -2.47. The summed E-state index contributed by atoms with van der Waals surface area (Å²) in [6.45, 7) is 0.508. The number of thioether (sulfide) groups is 1. The van der Waals surface area contributed by atoms with E-state index in [-0.39, 0.29) is 29.5 Å². The molecule has 1 aromatic carbocycles. The molecule has 1 aliphatic rings. The van der Waals surface area contributed by atoms with Crippen molar-refractivity contribution < 1.29 is 19.5 Å². The van der Waals surface area contributed by atoms with Gasteiger partial charge in [-0.25, -0.2) is 0 Å². The van der Waals surface area contributed by atoms with Crippen molar-refractivity contribution in [3.63, 3.8) is 0 Å². The summed E-state index contributed by atoms with van der Waals surface area (Å²) in [4.78, 5) is 40.5. The van der Waals surface area contributed by atoms with E-state index >= 15 is 0 Å². The minimum absolute atomic E-state index is 0.0517. The van der Waals surface area contributed by atoms with E-state index in [2.05, 4.69) is 10.6 Å². The summed E-state index contributed by atoms with van der Waals surface area (Å²) in [6.07, 6.45) is 2.16. The van der Waals surface area contributed by atoms with Gasteiger partial charge in [-0.3, -0.25) is 14.4 Å². The molecule has 0 radical (unpaired) electrons. The van der Waals surface area contributed by atoms with E-state index in [0.29, 0.717) is 24.3 Å². The molecule has 0 saturated carbocycles. The van der Waals surface area contributed by atoms with Gasteiger partial charge < -0.3 is 25.5 Å². The van der Waals surface area contributed by atoms with Crippen molar-refractivity contribution >= 4 is 57.9 Å². The van der Waals surface area contributed by atoms with Gasteiger partial charge in [0, 0.05) is 38.4 Å². The van der Waals surface area contributed by atoms with E-state index in [0.717, 1.165) is 23.5 Å². The number of amides is 2. The Hall–Kier alpha value is -2.72. The third-order valence-corrected chi connectivity index (χ3v) is 7.03. The molecule has 0 bridgehead atoms. The number of aliphatic carboxylic acids is 1. The molecule has 0 saturated heterocycles. The van der Waals surface area contributed by atoms with E-state index in [9.17, 15) is 14.4 Å². The second kappa shape index (κ2) is 11.2. The van der Waals surface area contributed by atoms with Gasteiger partial charge in [0.05, 0.1) is 11.4 Å². The Bertz CT molecular complexity index is 946. The normalized spacial score (nSPS) is 15.1. The quantitative estimate of drug-likeness (QED) is 0.422. The minimum Gasteiger partial charge on any atom is -0.481 e. The number of nitrogens with zero attached hydrogens (tertiary/aromatic N) is 2. The summed E-state index contributed by atoms with van der Waals surface area (Å²) in [5.41, 5.74) is 2.21. The Labute approximate surface area is 196 Å². The van der Waals surface area contributed by atoms with Gasteiger partial charge in [0.15, 0.2) is 5.50 Å². The second-order valence-electron chi connectivity index (χ2n) is 7.66. The van der Waals surface area contributed by atoms with Crippen LogP contribution in [0.1, 0.15) is 35.4 Å². The fourth-order valence-corrected chi connectivity index (χ4v) is 5.10. The Kier molecular flexibility index (Phi) is 8.40. The van der Waals surface area contributed by atoms with Crippen molar-refractivity contribution in [2.75, 3.05) is 41.9 Å². The number of hydrogen-bond acceptors (Lipinski definition) is 7. The second-order valence-corrected chi connectivity index (χ2v) is 9.65. The summed E-state index contributed by atoms with van der Waals surface area (Å²) < 4.78 is 0. The molecule has 10 heteroatoms. The van der Waals surface area contributed by atoms with Crippen LogP contribution in [0.3, 0.4) is 0 Å². The molecule has 0 fully saturated rings. The monoisotopic (exact) mass is 476 g/mol. The van der Waals surface area contributed by atoms with Crippen LogP contribution in [0.4, 0.5) is 17.1 Å². The first-order valence-electron chi connectivity index (χ1n) is 10.4. The van der Waals surface area contributed by atoms with Crippen LogP contribution in [0, 0.1) is 0 Å². The largest absolute Gasteiger partial charge is 0.481 e. The van der Waals surface area contributed by atoms with E-state index in [1.165, 1.54) is 23.1 Å². The first-order valence-corrected chi connectivity index (χ1v) is 12.3. The number of carboxylic acids is 1. The topological polar surface area (TPSA) is 102 Å². The number of benzene rings is 1. The first kappa shape index (κ1) is 23.9. The molecule has 2 amide bonds. The Balaban J connectivity index is 1.56. The number of unbranched alkanes of at least 4 members (excludes halogenated alkanes) is 2. The number of thiophene rings is 1. The molecular formula is C22H28N4O4S2. The van der Waals surface area contributed by atoms with Gasteiger partial charge >= 0.3 is 5.97 Å². The smallest absolute Gasteiger partial charge is 0.303 e. The van der Waals surface area contributed by atoms with Crippen LogP contribution in [0.2, 0.25) is 0 Å². The third-order valence-electron chi connectivity index (χ3n) is 5.01. The number of carbonyl (C=O) groups is 3. The molecule has 8 nitrogen and oxygen atoms in total. The maximum atomic E-state index is 13.0. The lowest BCUT2D eigenvalue weighted by Gasteiger charge is -2.36. The van der Waals surface area contributed by atoms with E-state index in [1.54, 1.807) is 4.90 Å². The molecule has 1 aliphatic heterocycles. The van der Waals surface area contributed by atoms with Crippen LogP contribution in [-0.4, -0.2) is 59.7 Å². The van der Waals surface area contributed by atoms with Gasteiger partial charge in [0.2, 0.25) is 5.91 Å². The predicted molar refractivity (Wildman–Crippen MR) is 131 cm³/mol. The average molecular weight is 477 g/mol. The standard InChI is InChI=1S/C22H28N4O4S2/c1-25(2)16-9-7-15(8-10-16)23-18(27)14-32-22-24-17-11-13-31-20(17)21(30)26(22)12-5-3-4-6-19(28)29/h7-11,13,22,24H,3-6,12,14H2,1-2H3,(H,23,27)(H,28,29). The summed E-state index contributed by atoms with van der Waals surface area (Å²) in [6, 6.07) is 9.48. The molecule has 1 atom stereocenters. The highest BCUT2D eigenvalue weighted by Gasteiger charge is 2.33. The maximum Gasteiger partial charge on any atom is 0.303 e. The van der Waals surface area contributed by atoms with Gasteiger partial charge in [-0.2, -0.15) is 0 Å². The van der Waals surface area contributed by atoms with E-state index < -0.39 is 5.97 Å². The highest BCUT2D eigenvalue weighted by Crippen LogP contribution is 2.34. The van der Waals surface area contributed by atoms with E-state index in [1.807, 2.05) is 54.7 Å². The number of carbonyl (C=O) groups excluding carboxylic acids is 2. The molecule has 1 aromatic heterocycles. The van der Waals surface area contributed by atoms with Crippen molar-refractivity contribution in [1.82, 2.24) is 4.90 Å². The third kappa shape index (κ3) is 6.39. The highest BCUT2D eigenvalue weighted by atomic mass is 32.2. The average Bonchev–Trinajstić information content (AvgIpc) is 3.22. The zero-order chi connectivity index (χ0) is 23.1. The van der Waals surface area contributed by atoms with E-state index in [4.69, 9.17) is 5.11 Å².